The van der Waals surface area contributed by atoms with Gasteiger partial charge in [0.25, 0.3) is 5.69 Å². The molecule has 0 aliphatic carbocycles. The van der Waals surface area contributed by atoms with Gasteiger partial charge in [-0.25, -0.2) is 0 Å². The zero-order valence-corrected chi connectivity index (χ0v) is 11.6. The second-order valence-corrected chi connectivity index (χ2v) is 4.77. The maximum absolute atomic E-state index is 10.5. The van der Waals surface area contributed by atoms with Gasteiger partial charge in [-0.15, -0.1) is 0 Å². The summed E-state index contributed by atoms with van der Waals surface area (Å²) in [5.41, 5.74) is 2.04. The molecule has 0 radical (unpaired) electrons. The smallest absolute Gasteiger partial charge is 0.269 e. The third-order valence-corrected chi connectivity index (χ3v) is 3.28. The van der Waals surface area contributed by atoms with Gasteiger partial charge in [0.1, 0.15) is 0 Å². The highest BCUT2D eigenvalue weighted by Gasteiger charge is 2.03. The fourth-order valence-electron chi connectivity index (χ4n) is 1.55. The number of nitro groups is 1. The Hall–Kier alpha value is -2.01. The molecule has 2 rings (SSSR count). The summed E-state index contributed by atoms with van der Waals surface area (Å²) in [5.74, 6) is 0. The number of non-ortho nitro benzene ring substituents is 1. The van der Waals surface area contributed by atoms with Gasteiger partial charge in [0, 0.05) is 28.4 Å². The van der Waals surface area contributed by atoms with E-state index < -0.39 is 4.92 Å². The van der Waals surface area contributed by atoms with Crippen molar-refractivity contribution in [1.82, 2.24) is 0 Å². The van der Waals surface area contributed by atoms with Crippen LogP contribution in [-0.2, 0) is 6.54 Å². The van der Waals surface area contributed by atoms with E-state index in [0.29, 0.717) is 6.54 Å². The molecule has 96 valence electrons. The minimum absolute atomic E-state index is 0.0959. The van der Waals surface area contributed by atoms with Gasteiger partial charge in [-0.2, -0.15) is 0 Å². The zero-order chi connectivity index (χ0) is 13.7. The van der Waals surface area contributed by atoms with Crippen molar-refractivity contribution in [2.75, 3.05) is 0 Å². The van der Waals surface area contributed by atoms with E-state index in [1.807, 2.05) is 24.3 Å². The van der Waals surface area contributed by atoms with Gasteiger partial charge in [0.15, 0.2) is 0 Å². The third kappa shape index (κ3) is 3.72. The zero-order valence-electron chi connectivity index (χ0n) is 9.99. The molecule has 0 fully saturated rings. The van der Waals surface area contributed by atoms with Crippen LogP contribution in [0.25, 0.3) is 0 Å². The van der Waals surface area contributed by atoms with Crippen LogP contribution in [-0.4, -0.2) is 11.1 Å². The number of nitrogens with zero attached hydrogens (tertiary/aromatic N) is 2. The molecule has 19 heavy (non-hydrogen) atoms. The second-order valence-electron chi connectivity index (χ2n) is 3.91. The average molecular weight is 319 g/mol. The summed E-state index contributed by atoms with van der Waals surface area (Å²) in [4.78, 5) is 14.4. The Balaban J connectivity index is 2.03. The Morgan fingerprint density at radius 1 is 1.16 bits per heavy atom. The molecule has 0 spiro atoms. The topological polar surface area (TPSA) is 55.5 Å². The van der Waals surface area contributed by atoms with Crippen molar-refractivity contribution in [2.45, 2.75) is 6.54 Å². The first-order valence-corrected chi connectivity index (χ1v) is 6.44. The van der Waals surface area contributed by atoms with E-state index in [0.717, 1.165) is 15.6 Å². The number of hydrogen-bond donors (Lipinski definition) is 0. The fourth-order valence-corrected chi connectivity index (χ4v) is 1.94. The second kappa shape index (κ2) is 6.24. The number of aliphatic imine (C=N–C) groups is 1. The van der Waals surface area contributed by atoms with Crippen molar-refractivity contribution in [3.8, 4) is 0 Å². The number of nitro benzene ring substituents is 1. The Morgan fingerprint density at radius 2 is 1.84 bits per heavy atom. The van der Waals surface area contributed by atoms with Crippen molar-refractivity contribution in [3.63, 3.8) is 0 Å². The molecular weight excluding hydrogens is 308 g/mol. The maximum Gasteiger partial charge on any atom is 0.269 e. The van der Waals surface area contributed by atoms with Crippen LogP contribution in [0.2, 0.25) is 0 Å². The molecule has 0 aliphatic heterocycles. The molecule has 0 aliphatic rings. The first-order chi connectivity index (χ1) is 9.16. The highest BCUT2D eigenvalue weighted by atomic mass is 79.9. The maximum atomic E-state index is 10.5. The molecule has 0 aromatic heterocycles. The quantitative estimate of drug-likeness (QED) is 0.486. The summed E-state index contributed by atoms with van der Waals surface area (Å²) >= 11 is 3.44. The third-order valence-electron chi connectivity index (χ3n) is 2.56. The van der Waals surface area contributed by atoms with Gasteiger partial charge in [0.2, 0.25) is 0 Å². The van der Waals surface area contributed by atoms with Gasteiger partial charge < -0.3 is 0 Å². The molecule has 2 aromatic rings. The van der Waals surface area contributed by atoms with Gasteiger partial charge in [-0.05, 0) is 11.6 Å². The summed E-state index contributed by atoms with van der Waals surface area (Å²) < 4.78 is 0.988. The largest absolute Gasteiger partial charge is 0.288 e. The normalized spacial score (nSPS) is 10.8. The molecule has 2 aromatic carbocycles. The summed E-state index contributed by atoms with van der Waals surface area (Å²) in [6, 6.07) is 14.2. The lowest BCUT2D eigenvalue weighted by atomic mass is 10.2. The molecule has 0 N–H and O–H groups in total. The number of rotatable bonds is 4. The summed E-state index contributed by atoms with van der Waals surface area (Å²) in [6.07, 6.45) is 1.78. The first-order valence-electron chi connectivity index (χ1n) is 5.64. The van der Waals surface area contributed by atoms with Crippen molar-refractivity contribution < 1.29 is 4.92 Å². The Morgan fingerprint density at radius 3 is 2.47 bits per heavy atom. The Labute approximate surface area is 119 Å². The van der Waals surface area contributed by atoms with Crippen LogP contribution in [0, 0.1) is 10.1 Å². The predicted molar refractivity (Wildman–Crippen MR) is 78.5 cm³/mol. The number of hydrogen-bond acceptors (Lipinski definition) is 3. The minimum atomic E-state index is -0.409. The highest BCUT2D eigenvalue weighted by molar-refractivity contribution is 9.10. The van der Waals surface area contributed by atoms with E-state index >= 15 is 0 Å². The summed E-state index contributed by atoms with van der Waals surface area (Å²) in [7, 11) is 0. The van der Waals surface area contributed by atoms with E-state index in [1.165, 1.54) is 12.1 Å². The Bertz CT molecular complexity index is 609. The molecule has 4 nitrogen and oxygen atoms in total. The minimum Gasteiger partial charge on any atom is -0.288 e. The molecule has 5 heteroatoms. The van der Waals surface area contributed by atoms with Crippen LogP contribution in [0.5, 0.6) is 0 Å². The molecule has 0 saturated heterocycles. The summed E-state index contributed by atoms with van der Waals surface area (Å²) in [5, 5.41) is 10.5. The lowest BCUT2D eigenvalue weighted by Crippen LogP contribution is -1.89. The van der Waals surface area contributed by atoms with E-state index in [1.54, 1.807) is 18.3 Å². The van der Waals surface area contributed by atoms with E-state index in [9.17, 15) is 10.1 Å². The van der Waals surface area contributed by atoms with E-state index in [-0.39, 0.29) is 5.69 Å². The molecule has 0 bridgehead atoms. The van der Waals surface area contributed by atoms with Crippen LogP contribution in [0.1, 0.15) is 11.1 Å². The lowest BCUT2D eigenvalue weighted by molar-refractivity contribution is -0.384. The van der Waals surface area contributed by atoms with Gasteiger partial charge in [0.05, 0.1) is 11.5 Å². The number of benzene rings is 2. The van der Waals surface area contributed by atoms with Gasteiger partial charge in [-0.3, -0.25) is 15.1 Å². The molecular formula is C14H11BrN2O2. The van der Waals surface area contributed by atoms with Crippen LogP contribution in [0.3, 0.4) is 0 Å². The standard InChI is InChI=1S/C14H11BrN2O2/c15-14-4-2-1-3-12(14)10-16-9-11-5-7-13(8-6-11)17(18)19/h1-8,10H,9H2/b16-10+. The summed E-state index contributed by atoms with van der Waals surface area (Å²) in [6.45, 7) is 0.499. The van der Waals surface area contributed by atoms with E-state index in [2.05, 4.69) is 20.9 Å². The van der Waals surface area contributed by atoms with Gasteiger partial charge >= 0.3 is 0 Å². The van der Waals surface area contributed by atoms with E-state index in [4.69, 9.17) is 0 Å². The van der Waals surface area contributed by atoms with Crippen molar-refractivity contribution in [2.24, 2.45) is 4.99 Å². The van der Waals surface area contributed by atoms with Crippen molar-refractivity contribution in [3.05, 3.63) is 74.2 Å². The predicted octanol–water partition coefficient (Wildman–Crippen LogP) is 3.98. The van der Waals surface area contributed by atoms with Crippen LogP contribution in [0.15, 0.2) is 58.0 Å². The number of halogens is 1. The Kier molecular flexibility index (Phi) is 4.41. The molecule has 0 atom stereocenters. The fraction of sp³-hybridized carbons (Fsp3) is 0.0714. The average Bonchev–Trinajstić information content (AvgIpc) is 2.41. The van der Waals surface area contributed by atoms with Crippen molar-refractivity contribution in [1.29, 1.82) is 0 Å². The van der Waals surface area contributed by atoms with Gasteiger partial charge in [-0.1, -0.05) is 46.3 Å². The first kappa shape index (κ1) is 13.4. The monoisotopic (exact) mass is 318 g/mol. The molecule has 0 unspecified atom stereocenters. The molecule has 0 heterocycles. The van der Waals surface area contributed by atoms with Crippen molar-refractivity contribution >= 4 is 27.8 Å². The highest BCUT2D eigenvalue weighted by Crippen LogP contribution is 2.15. The van der Waals surface area contributed by atoms with Crippen LogP contribution < -0.4 is 0 Å². The molecule has 0 saturated carbocycles. The molecule has 0 amide bonds. The lowest BCUT2D eigenvalue weighted by Gasteiger charge is -1.98. The van der Waals surface area contributed by atoms with Crippen LogP contribution in [0.4, 0.5) is 5.69 Å². The van der Waals surface area contributed by atoms with Crippen LogP contribution >= 0.6 is 15.9 Å². The SMILES string of the molecule is O=[N+]([O-])c1ccc(C/N=C/c2ccccc2Br)cc1.